The smallest absolute Gasteiger partial charge is 0.236 e. The third kappa shape index (κ3) is 4.57. The Bertz CT molecular complexity index is 363. The van der Waals surface area contributed by atoms with Crippen LogP contribution in [0.2, 0.25) is 0 Å². The summed E-state index contributed by atoms with van der Waals surface area (Å²) in [5.74, 6) is 0.150. The van der Waals surface area contributed by atoms with E-state index in [2.05, 4.69) is 30.4 Å². The third-order valence-corrected chi connectivity index (χ3v) is 3.01. The number of amides is 1. The summed E-state index contributed by atoms with van der Waals surface area (Å²) in [6.45, 7) is 6.12. The van der Waals surface area contributed by atoms with Gasteiger partial charge in [-0.1, -0.05) is 24.3 Å². The Morgan fingerprint density at radius 2 is 2.06 bits per heavy atom. The van der Waals surface area contributed by atoms with E-state index in [0.717, 1.165) is 19.5 Å². The van der Waals surface area contributed by atoms with Gasteiger partial charge in [-0.05, 0) is 37.9 Å². The second-order valence-corrected chi connectivity index (χ2v) is 4.26. The summed E-state index contributed by atoms with van der Waals surface area (Å²) in [4.78, 5) is 13.2. The fourth-order valence-corrected chi connectivity index (χ4v) is 1.62. The average Bonchev–Trinajstić information content (AvgIpc) is 2.35. The Morgan fingerprint density at radius 1 is 1.35 bits per heavy atom. The molecule has 3 heteroatoms. The normalized spacial score (nSPS) is 10.3. The average molecular weight is 234 g/mol. The number of hydrogen-bond acceptors (Lipinski definition) is 2. The molecule has 0 heterocycles. The van der Waals surface area contributed by atoms with Crippen molar-refractivity contribution in [3.63, 3.8) is 0 Å². The lowest BCUT2D eigenvalue weighted by atomic mass is 10.1. The van der Waals surface area contributed by atoms with Crippen molar-refractivity contribution in [2.45, 2.75) is 20.3 Å². The molecule has 0 aromatic heterocycles. The van der Waals surface area contributed by atoms with Crippen molar-refractivity contribution < 1.29 is 4.79 Å². The van der Waals surface area contributed by atoms with E-state index < -0.39 is 0 Å². The van der Waals surface area contributed by atoms with E-state index in [4.69, 9.17) is 0 Å². The molecule has 0 radical (unpaired) electrons. The Labute approximate surface area is 104 Å². The van der Waals surface area contributed by atoms with Crippen LogP contribution in [0.5, 0.6) is 0 Å². The van der Waals surface area contributed by atoms with Crippen LogP contribution in [-0.4, -0.2) is 37.5 Å². The number of benzene rings is 1. The number of likely N-dealkylation sites (N-methyl/N-ethyl adjacent to an activating group) is 1. The molecule has 1 aromatic carbocycles. The van der Waals surface area contributed by atoms with E-state index in [1.807, 2.05) is 20.0 Å². The minimum atomic E-state index is 0.150. The monoisotopic (exact) mass is 234 g/mol. The molecule has 0 saturated carbocycles. The van der Waals surface area contributed by atoms with Crippen LogP contribution in [0.4, 0.5) is 0 Å². The SMILES string of the molecule is CCN(C)C(=O)CNCCc1ccccc1C. The number of carbonyl (C=O) groups is 1. The molecule has 1 N–H and O–H groups in total. The maximum atomic E-state index is 11.5. The highest BCUT2D eigenvalue weighted by Gasteiger charge is 2.05. The topological polar surface area (TPSA) is 32.3 Å². The van der Waals surface area contributed by atoms with Crippen LogP contribution in [-0.2, 0) is 11.2 Å². The molecule has 1 aromatic rings. The summed E-state index contributed by atoms with van der Waals surface area (Å²) < 4.78 is 0. The van der Waals surface area contributed by atoms with Crippen LogP contribution in [0.1, 0.15) is 18.1 Å². The van der Waals surface area contributed by atoms with Crippen LogP contribution in [0.3, 0.4) is 0 Å². The first-order valence-corrected chi connectivity index (χ1v) is 6.14. The Balaban J connectivity index is 2.25. The van der Waals surface area contributed by atoms with Crippen LogP contribution in [0.15, 0.2) is 24.3 Å². The number of rotatable bonds is 6. The predicted octanol–water partition coefficient (Wildman–Crippen LogP) is 1.61. The van der Waals surface area contributed by atoms with E-state index in [-0.39, 0.29) is 5.91 Å². The van der Waals surface area contributed by atoms with Crippen LogP contribution in [0, 0.1) is 6.92 Å². The summed E-state index contributed by atoms with van der Waals surface area (Å²) in [5, 5.41) is 3.18. The lowest BCUT2D eigenvalue weighted by molar-refractivity contribution is -0.128. The van der Waals surface area contributed by atoms with Gasteiger partial charge in [0.25, 0.3) is 0 Å². The van der Waals surface area contributed by atoms with Gasteiger partial charge < -0.3 is 10.2 Å². The lowest BCUT2D eigenvalue weighted by Gasteiger charge is -2.14. The van der Waals surface area contributed by atoms with Gasteiger partial charge in [0.15, 0.2) is 0 Å². The first-order chi connectivity index (χ1) is 8.15. The minimum absolute atomic E-state index is 0.150. The molecule has 0 atom stereocenters. The summed E-state index contributed by atoms with van der Waals surface area (Å²) >= 11 is 0. The third-order valence-electron chi connectivity index (χ3n) is 3.01. The van der Waals surface area contributed by atoms with Gasteiger partial charge in [0.2, 0.25) is 5.91 Å². The molecule has 0 fully saturated rings. The molecule has 17 heavy (non-hydrogen) atoms. The molecule has 94 valence electrons. The van der Waals surface area contributed by atoms with Crippen molar-refractivity contribution in [1.82, 2.24) is 10.2 Å². The maximum Gasteiger partial charge on any atom is 0.236 e. The van der Waals surface area contributed by atoms with Crippen molar-refractivity contribution in [2.75, 3.05) is 26.7 Å². The van der Waals surface area contributed by atoms with Gasteiger partial charge in [-0.2, -0.15) is 0 Å². The first kappa shape index (κ1) is 13.7. The van der Waals surface area contributed by atoms with E-state index in [1.54, 1.807) is 4.90 Å². The predicted molar refractivity (Wildman–Crippen MR) is 71.1 cm³/mol. The molecule has 0 aliphatic heterocycles. The van der Waals surface area contributed by atoms with E-state index in [1.165, 1.54) is 11.1 Å². The van der Waals surface area contributed by atoms with Gasteiger partial charge in [-0.15, -0.1) is 0 Å². The molecule has 0 aliphatic carbocycles. The molecule has 0 bridgehead atoms. The highest BCUT2D eigenvalue weighted by molar-refractivity contribution is 5.77. The number of hydrogen-bond donors (Lipinski definition) is 1. The summed E-state index contributed by atoms with van der Waals surface area (Å²) in [6, 6.07) is 8.35. The molecule has 0 spiro atoms. The molecule has 0 saturated heterocycles. The quantitative estimate of drug-likeness (QED) is 0.758. The van der Waals surface area contributed by atoms with Crippen LogP contribution >= 0.6 is 0 Å². The van der Waals surface area contributed by atoms with E-state index >= 15 is 0 Å². The lowest BCUT2D eigenvalue weighted by Crippen LogP contribution is -2.36. The highest BCUT2D eigenvalue weighted by Crippen LogP contribution is 2.06. The van der Waals surface area contributed by atoms with Crippen molar-refractivity contribution in [3.05, 3.63) is 35.4 Å². The summed E-state index contributed by atoms with van der Waals surface area (Å²) in [7, 11) is 1.82. The Hall–Kier alpha value is -1.35. The van der Waals surface area contributed by atoms with Crippen molar-refractivity contribution >= 4 is 5.91 Å². The largest absolute Gasteiger partial charge is 0.345 e. The standard InChI is InChI=1S/C14H22N2O/c1-4-16(3)14(17)11-15-10-9-13-8-6-5-7-12(13)2/h5-8,15H,4,9-11H2,1-3H3. The zero-order valence-electron chi connectivity index (χ0n) is 11.0. The molecule has 1 rings (SSSR count). The van der Waals surface area contributed by atoms with E-state index in [0.29, 0.717) is 6.54 Å². The van der Waals surface area contributed by atoms with Crippen molar-refractivity contribution in [1.29, 1.82) is 0 Å². The number of nitrogens with one attached hydrogen (secondary N) is 1. The van der Waals surface area contributed by atoms with Gasteiger partial charge in [0.1, 0.15) is 0 Å². The zero-order chi connectivity index (χ0) is 12.7. The Morgan fingerprint density at radius 3 is 2.71 bits per heavy atom. The number of nitrogens with zero attached hydrogens (tertiary/aromatic N) is 1. The number of carbonyl (C=O) groups excluding carboxylic acids is 1. The van der Waals surface area contributed by atoms with Gasteiger partial charge in [-0.3, -0.25) is 4.79 Å². The van der Waals surface area contributed by atoms with Gasteiger partial charge in [0, 0.05) is 13.6 Å². The second-order valence-electron chi connectivity index (χ2n) is 4.26. The maximum absolute atomic E-state index is 11.5. The number of aryl methyl sites for hydroxylation is 1. The minimum Gasteiger partial charge on any atom is -0.345 e. The second kappa shape index (κ2) is 7.07. The van der Waals surface area contributed by atoms with Crippen LogP contribution < -0.4 is 5.32 Å². The van der Waals surface area contributed by atoms with Crippen molar-refractivity contribution in [2.24, 2.45) is 0 Å². The summed E-state index contributed by atoms with van der Waals surface area (Å²) in [6.07, 6.45) is 0.968. The van der Waals surface area contributed by atoms with E-state index in [9.17, 15) is 4.79 Å². The Kier molecular flexibility index (Phi) is 5.70. The fourth-order valence-electron chi connectivity index (χ4n) is 1.62. The molecular weight excluding hydrogens is 212 g/mol. The van der Waals surface area contributed by atoms with Gasteiger partial charge >= 0.3 is 0 Å². The fraction of sp³-hybridized carbons (Fsp3) is 0.500. The molecular formula is C14H22N2O. The molecule has 1 amide bonds. The van der Waals surface area contributed by atoms with Crippen LogP contribution in [0.25, 0.3) is 0 Å². The molecule has 0 aliphatic rings. The highest BCUT2D eigenvalue weighted by atomic mass is 16.2. The summed E-state index contributed by atoms with van der Waals surface area (Å²) in [5.41, 5.74) is 2.66. The molecule has 3 nitrogen and oxygen atoms in total. The van der Waals surface area contributed by atoms with Gasteiger partial charge in [0.05, 0.1) is 6.54 Å². The molecule has 0 unspecified atom stereocenters. The van der Waals surface area contributed by atoms with Crippen molar-refractivity contribution in [3.8, 4) is 0 Å². The zero-order valence-corrected chi connectivity index (χ0v) is 11.0. The first-order valence-electron chi connectivity index (χ1n) is 6.14. The van der Waals surface area contributed by atoms with Gasteiger partial charge in [-0.25, -0.2) is 0 Å².